The number of hydrogen-bond donors (Lipinski definition) is 1. The van der Waals surface area contributed by atoms with E-state index in [1.807, 2.05) is 12.1 Å². The Morgan fingerprint density at radius 3 is 2.32 bits per heavy atom. The van der Waals surface area contributed by atoms with Gasteiger partial charge in [0.1, 0.15) is 0 Å². The first-order valence-electron chi connectivity index (χ1n) is 8.00. The number of carbonyl (C=O) groups excluding carboxylic acids is 1. The van der Waals surface area contributed by atoms with Gasteiger partial charge in [-0.15, -0.1) is 29.8 Å². The summed E-state index contributed by atoms with van der Waals surface area (Å²) in [6.07, 6.45) is -3.25. The number of hydrogen-bond acceptors (Lipinski definition) is 3. The zero-order valence-corrected chi connectivity index (χ0v) is 17.4. The van der Waals surface area contributed by atoms with Gasteiger partial charge in [-0.3, -0.25) is 9.78 Å². The quantitative estimate of drug-likeness (QED) is 0.245. The van der Waals surface area contributed by atoms with Crippen LogP contribution in [0.1, 0.15) is 19.4 Å². The third-order valence-electron chi connectivity index (χ3n) is 3.43. The molecule has 0 saturated carbocycles. The second kappa shape index (κ2) is 10.2. The van der Waals surface area contributed by atoms with Gasteiger partial charge in [-0.25, -0.2) is 0 Å². The molecule has 0 aliphatic heterocycles. The van der Waals surface area contributed by atoms with Crippen molar-refractivity contribution in [2.75, 3.05) is 0 Å². The van der Waals surface area contributed by atoms with Crippen LogP contribution in [0.2, 0.25) is 0 Å². The molecule has 0 aliphatic rings. The third-order valence-corrected chi connectivity index (χ3v) is 3.43. The summed E-state index contributed by atoms with van der Waals surface area (Å²) >= 11 is 0. The van der Waals surface area contributed by atoms with Gasteiger partial charge in [-0.2, -0.15) is 13.2 Å². The molecule has 7 heteroatoms. The van der Waals surface area contributed by atoms with Crippen LogP contribution in [0.25, 0.3) is 22.2 Å². The second-order valence-electron chi connectivity index (χ2n) is 5.74. The van der Waals surface area contributed by atoms with Crippen molar-refractivity contribution >= 4 is 16.7 Å². The fourth-order valence-corrected chi connectivity index (χ4v) is 2.38. The molecule has 3 aromatic rings. The number of aliphatic hydroxyl groups is 1. The smallest absolute Gasteiger partial charge is 0.381 e. The molecule has 0 aliphatic carbocycles. The van der Waals surface area contributed by atoms with Crippen LogP contribution in [0.15, 0.2) is 66.4 Å². The van der Waals surface area contributed by atoms with E-state index in [1.165, 1.54) is 32.1 Å². The number of rotatable bonds is 2. The van der Waals surface area contributed by atoms with E-state index in [4.69, 9.17) is 5.11 Å². The van der Waals surface area contributed by atoms with Crippen molar-refractivity contribution in [2.24, 2.45) is 0 Å². The van der Waals surface area contributed by atoms with Crippen molar-refractivity contribution in [2.45, 2.75) is 20.0 Å². The molecule has 1 aromatic heterocycles. The first kappa shape index (κ1) is 23.5. The molecule has 0 saturated heterocycles. The zero-order chi connectivity index (χ0) is 20.0. The topological polar surface area (TPSA) is 50.2 Å². The SMILES string of the molecule is CC(=O)/C=C(/C)O.FC(F)(F)c1ccc[c-]c1-c1ccc2ccccc2n1.[Ir]. The van der Waals surface area contributed by atoms with Gasteiger partial charge in [0.25, 0.3) is 0 Å². The van der Waals surface area contributed by atoms with E-state index < -0.39 is 11.7 Å². The Balaban J connectivity index is 0.000000425. The average Bonchev–Trinajstić information content (AvgIpc) is 2.60. The molecule has 0 fully saturated rings. The maximum Gasteiger partial charge on any atom is 0.381 e. The van der Waals surface area contributed by atoms with Gasteiger partial charge in [0, 0.05) is 26.2 Å². The number of para-hydroxylation sites is 1. The summed E-state index contributed by atoms with van der Waals surface area (Å²) in [7, 11) is 0. The number of nitrogens with zero attached hydrogens (tertiary/aromatic N) is 1. The van der Waals surface area contributed by atoms with Crippen LogP contribution < -0.4 is 0 Å². The van der Waals surface area contributed by atoms with Crippen LogP contribution in [0.3, 0.4) is 0 Å². The molecule has 3 rings (SSSR count). The molecule has 0 amide bonds. The molecular formula is C21H17F3IrNO2-. The molecule has 0 atom stereocenters. The van der Waals surface area contributed by atoms with Crippen LogP contribution in [-0.2, 0) is 31.1 Å². The number of allylic oxidation sites excluding steroid dienone is 2. The summed E-state index contributed by atoms with van der Waals surface area (Å²) in [6, 6.07) is 17.1. The molecule has 149 valence electrons. The molecule has 1 heterocycles. The molecule has 1 radical (unpaired) electrons. The largest absolute Gasteiger partial charge is 0.512 e. The molecule has 0 unspecified atom stereocenters. The molecule has 0 bridgehead atoms. The van der Waals surface area contributed by atoms with Crippen molar-refractivity contribution in [3.8, 4) is 11.3 Å². The van der Waals surface area contributed by atoms with E-state index >= 15 is 0 Å². The van der Waals surface area contributed by atoms with Gasteiger partial charge in [-0.05, 0) is 36.6 Å². The van der Waals surface area contributed by atoms with Gasteiger partial charge in [0.05, 0.1) is 11.3 Å². The summed E-state index contributed by atoms with van der Waals surface area (Å²) < 4.78 is 39.0. The normalized spacial score (nSPS) is 11.2. The number of benzene rings is 2. The summed E-state index contributed by atoms with van der Waals surface area (Å²) in [5.41, 5.74) is 0.195. The molecule has 0 spiro atoms. The van der Waals surface area contributed by atoms with Crippen LogP contribution in [0, 0.1) is 6.07 Å². The van der Waals surface area contributed by atoms with Crippen LogP contribution >= 0.6 is 0 Å². The number of alkyl halides is 3. The predicted octanol–water partition coefficient (Wildman–Crippen LogP) is 5.76. The second-order valence-corrected chi connectivity index (χ2v) is 5.74. The number of halogens is 3. The van der Waals surface area contributed by atoms with Crippen LogP contribution in [0.4, 0.5) is 13.2 Å². The fourth-order valence-electron chi connectivity index (χ4n) is 2.38. The number of pyridine rings is 1. The number of aromatic nitrogens is 1. The number of fused-ring (bicyclic) bond motifs is 1. The molecule has 2 aromatic carbocycles. The Bertz CT molecular complexity index is 981. The van der Waals surface area contributed by atoms with E-state index in [9.17, 15) is 18.0 Å². The van der Waals surface area contributed by atoms with Crippen molar-refractivity contribution in [1.82, 2.24) is 4.98 Å². The summed E-state index contributed by atoms with van der Waals surface area (Å²) in [6.45, 7) is 2.85. The Hall–Kier alpha value is -2.50. The summed E-state index contributed by atoms with van der Waals surface area (Å²) in [5, 5.41) is 9.25. The minimum Gasteiger partial charge on any atom is -0.512 e. The number of carbonyl (C=O) groups is 1. The maximum absolute atomic E-state index is 13.0. The third kappa shape index (κ3) is 6.59. The van der Waals surface area contributed by atoms with Crippen molar-refractivity contribution < 1.29 is 43.2 Å². The maximum atomic E-state index is 13.0. The standard InChI is InChI=1S/C16H9F3N.C5H8O2.Ir/c17-16(18,19)13-7-3-2-6-12(13)15-10-9-11-5-1-4-8-14(11)20-15;1-4(6)3-5(2)7;/h1-5,7-10H;3,6H,1-2H3;/q-1;;/b;4-3-;. The first-order valence-corrected chi connectivity index (χ1v) is 8.00. The van der Waals surface area contributed by atoms with Gasteiger partial charge >= 0.3 is 6.18 Å². The summed E-state index contributed by atoms with van der Waals surface area (Å²) in [5.74, 6) is -0.0625. The van der Waals surface area contributed by atoms with Crippen LogP contribution in [0.5, 0.6) is 0 Å². The van der Waals surface area contributed by atoms with Crippen LogP contribution in [-0.4, -0.2) is 15.9 Å². The molecule has 3 nitrogen and oxygen atoms in total. The predicted molar refractivity (Wildman–Crippen MR) is 98.1 cm³/mol. The van der Waals surface area contributed by atoms with Crippen molar-refractivity contribution in [3.05, 3.63) is 78.1 Å². The van der Waals surface area contributed by atoms with E-state index in [0.29, 0.717) is 5.52 Å². The van der Waals surface area contributed by atoms with Gasteiger partial charge in [0.15, 0.2) is 5.78 Å². The van der Waals surface area contributed by atoms with E-state index in [0.717, 1.165) is 11.5 Å². The monoisotopic (exact) mass is 565 g/mol. The van der Waals surface area contributed by atoms with E-state index in [-0.39, 0.29) is 42.9 Å². The minimum absolute atomic E-state index is 0. The molecular weight excluding hydrogens is 547 g/mol. The van der Waals surface area contributed by atoms with Gasteiger partial charge < -0.3 is 5.11 Å². The summed E-state index contributed by atoms with van der Waals surface area (Å²) in [4.78, 5) is 14.3. The minimum atomic E-state index is -4.42. The van der Waals surface area contributed by atoms with Gasteiger partial charge in [-0.1, -0.05) is 30.3 Å². The van der Waals surface area contributed by atoms with E-state index in [2.05, 4.69) is 11.1 Å². The molecule has 28 heavy (non-hydrogen) atoms. The van der Waals surface area contributed by atoms with Gasteiger partial charge in [0.2, 0.25) is 0 Å². The Kier molecular flexibility index (Phi) is 8.54. The number of aliphatic hydroxyl groups excluding tert-OH is 1. The van der Waals surface area contributed by atoms with Crippen molar-refractivity contribution in [1.29, 1.82) is 0 Å². The zero-order valence-electron chi connectivity index (χ0n) is 15.0. The first-order chi connectivity index (χ1) is 12.7. The molecule has 1 N–H and O–H groups in total. The average molecular weight is 565 g/mol. The Morgan fingerprint density at radius 1 is 1.07 bits per heavy atom. The van der Waals surface area contributed by atoms with Crippen molar-refractivity contribution in [3.63, 3.8) is 0 Å². The Labute approximate surface area is 174 Å². The Morgan fingerprint density at radius 2 is 1.75 bits per heavy atom. The fraction of sp³-hybridized carbons (Fsp3) is 0.143. The number of ketones is 1. The van der Waals surface area contributed by atoms with E-state index in [1.54, 1.807) is 24.3 Å².